The Bertz CT molecular complexity index is 657. The Kier molecular flexibility index (Phi) is 9.52. The lowest BCUT2D eigenvalue weighted by atomic mass is 9.97. The van der Waals surface area contributed by atoms with Crippen LogP contribution in [0.1, 0.15) is 47.1 Å². The van der Waals surface area contributed by atoms with E-state index in [-0.39, 0.29) is 11.9 Å². The van der Waals surface area contributed by atoms with Gasteiger partial charge >= 0.3 is 5.97 Å². The van der Waals surface area contributed by atoms with Gasteiger partial charge in [-0.25, -0.2) is 5.06 Å². The number of hydrogen-bond donors (Lipinski definition) is 0. The summed E-state index contributed by atoms with van der Waals surface area (Å²) in [6, 6.07) is 10.1. The van der Waals surface area contributed by atoms with Gasteiger partial charge in [0.2, 0.25) is 0 Å². The first-order valence-corrected chi connectivity index (χ1v) is 12.9. The fourth-order valence-corrected chi connectivity index (χ4v) is 5.73. The molecule has 0 N–H and O–H groups in total. The molecule has 0 spiro atoms. The maximum atomic E-state index is 12.9. The van der Waals surface area contributed by atoms with Crippen molar-refractivity contribution in [3.05, 3.63) is 29.8 Å². The number of esters is 1. The SMILES string of the molecule is CC[Si](CC)(CC)O[C@@H](Cc1ccc(OC(=O)C(C)(C)C)cc1)C(=O)N(C)OC. The Morgan fingerprint density at radius 2 is 1.55 bits per heavy atom. The Balaban J connectivity index is 3.01. The zero-order valence-electron chi connectivity index (χ0n) is 19.2. The molecule has 0 saturated carbocycles. The number of hydrogen-bond acceptors (Lipinski definition) is 5. The third-order valence-corrected chi connectivity index (χ3v) is 10.0. The minimum Gasteiger partial charge on any atom is -0.426 e. The number of amides is 1. The summed E-state index contributed by atoms with van der Waals surface area (Å²) in [5.41, 5.74) is 0.373. The van der Waals surface area contributed by atoms with Crippen molar-refractivity contribution in [3.8, 4) is 5.75 Å². The Morgan fingerprint density at radius 3 is 1.97 bits per heavy atom. The minimum absolute atomic E-state index is 0.192. The summed E-state index contributed by atoms with van der Waals surface area (Å²) in [4.78, 5) is 30.0. The van der Waals surface area contributed by atoms with E-state index < -0.39 is 19.8 Å². The quantitative estimate of drug-likeness (QED) is 0.238. The van der Waals surface area contributed by atoms with Crippen LogP contribution >= 0.6 is 0 Å². The lowest BCUT2D eigenvalue weighted by Gasteiger charge is -2.34. The molecule has 0 aromatic heterocycles. The molecule has 0 radical (unpaired) electrons. The van der Waals surface area contributed by atoms with Gasteiger partial charge in [0.25, 0.3) is 5.91 Å². The van der Waals surface area contributed by atoms with Crippen molar-refractivity contribution in [1.82, 2.24) is 5.06 Å². The fourth-order valence-electron chi connectivity index (χ4n) is 2.94. The Labute approximate surface area is 176 Å². The number of likely N-dealkylation sites (N-methyl/N-ethyl adjacent to an activating group) is 1. The van der Waals surface area contributed by atoms with Crippen molar-refractivity contribution >= 4 is 20.2 Å². The fraction of sp³-hybridized carbons (Fsp3) is 0.636. The van der Waals surface area contributed by atoms with Gasteiger partial charge in [0, 0.05) is 13.5 Å². The Hall–Kier alpha value is -1.70. The van der Waals surface area contributed by atoms with E-state index in [1.165, 1.54) is 12.2 Å². The van der Waals surface area contributed by atoms with Crippen molar-refractivity contribution in [2.24, 2.45) is 5.41 Å². The van der Waals surface area contributed by atoms with Gasteiger partial charge in [-0.05, 0) is 56.6 Å². The molecule has 0 aliphatic carbocycles. The van der Waals surface area contributed by atoms with Gasteiger partial charge < -0.3 is 9.16 Å². The summed E-state index contributed by atoms with van der Waals surface area (Å²) in [5, 5.41) is 1.23. The van der Waals surface area contributed by atoms with Gasteiger partial charge in [-0.15, -0.1) is 0 Å². The van der Waals surface area contributed by atoms with E-state index in [1.807, 2.05) is 32.9 Å². The molecular formula is C22H37NO5Si. The topological polar surface area (TPSA) is 65.1 Å². The summed E-state index contributed by atoms with van der Waals surface area (Å²) in [6.07, 6.45) is -0.163. The molecule has 0 bridgehead atoms. The second kappa shape index (κ2) is 10.9. The van der Waals surface area contributed by atoms with E-state index in [9.17, 15) is 9.59 Å². The summed E-state index contributed by atoms with van der Waals surface area (Å²) in [6.45, 7) is 11.9. The zero-order valence-corrected chi connectivity index (χ0v) is 20.2. The van der Waals surface area contributed by atoms with E-state index in [1.54, 1.807) is 19.2 Å². The van der Waals surface area contributed by atoms with E-state index in [0.717, 1.165) is 23.7 Å². The number of nitrogens with zero attached hydrogens (tertiary/aromatic N) is 1. The molecule has 0 fully saturated rings. The molecule has 1 rings (SSSR count). The van der Waals surface area contributed by atoms with Crippen LogP contribution in [-0.2, 0) is 25.3 Å². The maximum Gasteiger partial charge on any atom is 0.316 e. The maximum absolute atomic E-state index is 12.9. The lowest BCUT2D eigenvalue weighted by Crippen LogP contribution is -2.47. The van der Waals surface area contributed by atoms with Crippen LogP contribution in [0.5, 0.6) is 5.75 Å². The highest BCUT2D eigenvalue weighted by atomic mass is 28.4. The first-order valence-electron chi connectivity index (χ1n) is 10.3. The highest BCUT2D eigenvalue weighted by Crippen LogP contribution is 2.26. The number of benzene rings is 1. The molecule has 6 nitrogen and oxygen atoms in total. The monoisotopic (exact) mass is 423 g/mol. The first kappa shape index (κ1) is 25.3. The zero-order chi connectivity index (χ0) is 22.2. The number of carbonyl (C=O) groups is 2. The van der Waals surface area contributed by atoms with Crippen LogP contribution in [-0.4, -0.2) is 45.5 Å². The third kappa shape index (κ3) is 7.24. The molecule has 0 unspecified atom stereocenters. The van der Waals surface area contributed by atoms with Gasteiger partial charge in [0.15, 0.2) is 8.32 Å². The van der Waals surface area contributed by atoms with Crippen LogP contribution in [0.4, 0.5) is 0 Å². The van der Waals surface area contributed by atoms with Gasteiger partial charge in [-0.1, -0.05) is 32.9 Å². The molecule has 1 aromatic carbocycles. The second-order valence-corrected chi connectivity index (χ2v) is 13.1. The van der Waals surface area contributed by atoms with Crippen molar-refractivity contribution in [2.45, 2.75) is 72.2 Å². The summed E-state index contributed by atoms with van der Waals surface area (Å²) < 4.78 is 11.9. The molecule has 0 aliphatic rings. The smallest absolute Gasteiger partial charge is 0.316 e. The van der Waals surface area contributed by atoms with Gasteiger partial charge in [-0.3, -0.25) is 14.4 Å². The predicted octanol–water partition coefficient (Wildman–Crippen LogP) is 4.59. The number of hydroxylamine groups is 2. The van der Waals surface area contributed by atoms with E-state index >= 15 is 0 Å². The van der Waals surface area contributed by atoms with E-state index in [2.05, 4.69) is 20.8 Å². The number of carbonyl (C=O) groups excluding carboxylic acids is 2. The normalized spacial score (nSPS) is 13.1. The molecule has 0 saturated heterocycles. The van der Waals surface area contributed by atoms with Crippen LogP contribution in [0.15, 0.2) is 24.3 Å². The molecule has 1 atom stereocenters. The third-order valence-electron chi connectivity index (χ3n) is 5.35. The van der Waals surface area contributed by atoms with E-state index in [4.69, 9.17) is 14.0 Å². The van der Waals surface area contributed by atoms with Gasteiger partial charge in [-0.2, -0.15) is 0 Å². The van der Waals surface area contributed by atoms with Crippen molar-refractivity contribution in [3.63, 3.8) is 0 Å². The summed E-state index contributed by atoms with van der Waals surface area (Å²) >= 11 is 0. The molecule has 7 heteroatoms. The summed E-state index contributed by atoms with van der Waals surface area (Å²) in [7, 11) is 1.09. The molecule has 0 aliphatic heterocycles. The highest BCUT2D eigenvalue weighted by Gasteiger charge is 2.36. The minimum atomic E-state index is -1.98. The number of rotatable bonds is 10. The number of ether oxygens (including phenoxy) is 1. The van der Waals surface area contributed by atoms with Crippen molar-refractivity contribution < 1.29 is 23.6 Å². The van der Waals surface area contributed by atoms with Gasteiger partial charge in [0.1, 0.15) is 11.9 Å². The van der Waals surface area contributed by atoms with Crippen LogP contribution in [0, 0.1) is 5.41 Å². The molecule has 0 heterocycles. The molecule has 1 amide bonds. The van der Waals surface area contributed by atoms with Gasteiger partial charge in [0.05, 0.1) is 12.5 Å². The summed E-state index contributed by atoms with van der Waals surface area (Å²) in [5.74, 6) is 0.0156. The lowest BCUT2D eigenvalue weighted by molar-refractivity contribution is -0.176. The largest absolute Gasteiger partial charge is 0.426 e. The van der Waals surface area contributed by atoms with Crippen LogP contribution in [0.25, 0.3) is 0 Å². The standard InChI is InChI=1S/C22H37NO5Si/c1-9-29(10-2,11-3)28-19(20(24)23(7)26-8)16-17-12-14-18(15-13-17)27-21(25)22(4,5)6/h12-15,19H,9-11,16H2,1-8H3/t19-/m0/s1. The van der Waals surface area contributed by atoms with E-state index in [0.29, 0.717) is 12.2 Å². The predicted molar refractivity (Wildman–Crippen MR) is 117 cm³/mol. The van der Waals surface area contributed by atoms with Crippen LogP contribution in [0.3, 0.4) is 0 Å². The highest BCUT2D eigenvalue weighted by molar-refractivity contribution is 6.73. The first-order chi connectivity index (χ1) is 13.5. The van der Waals surface area contributed by atoms with Crippen LogP contribution < -0.4 is 4.74 Å². The van der Waals surface area contributed by atoms with Crippen LogP contribution in [0.2, 0.25) is 18.1 Å². The molecular weight excluding hydrogens is 386 g/mol. The van der Waals surface area contributed by atoms with Crippen molar-refractivity contribution in [1.29, 1.82) is 0 Å². The molecule has 1 aromatic rings. The van der Waals surface area contributed by atoms with Crippen molar-refractivity contribution in [2.75, 3.05) is 14.2 Å². The molecule has 164 valence electrons. The molecule has 29 heavy (non-hydrogen) atoms. The average Bonchev–Trinajstić information content (AvgIpc) is 2.70. The average molecular weight is 424 g/mol. The second-order valence-electron chi connectivity index (χ2n) is 8.36. The Morgan fingerprint density at radius 1 is 1.03 bits per heavy atom.